The monoisotopic (exact) mass is 504 g/mol. The molecule has 0 radical (unpaired) electrons. The van der Waals surface area contributed by atoms with E-state index in [9.17, 15) is 4.79 Å². The van der Waals surface area contributed by atoms with Crippen molar-refractivity contribution in [1.82, 2.24) is 15.5 Å². The summed E-state index contributed by atoms with van der Waals surface area (Å²) in [5, 5.41) is 6.59. The largest absolute Gasteiger partial charge is 0.382 e. The van der Waals surface area contributed by atoms with Gasteiger partial charge in [-0.3, -0.25) is 9.79 Å². The maximum atomic E-state index is 11.7. The Morgan fingerprint density at radius 3 is 2.54 bits per heavy atom. The lowest BCUT2D eigenvalue weighted by atomic mass is 10.1. The number of likely N-dealkylation sites (tertiary alicyclic amines) is 1. The van der Waals surface area contributed by atoms with Gasteiger partial charge in [0.1, 0.15) is 0 Å². The number of nitrogens with one attached hydrogen (secondary N) is 2. The summed E-state index contributed by atoms with van der Waals surface area (Å²) in [6, 6.07) is 8.38. The molecule has 1 aliphatic rings. The van der Waals surface area contributed by atoms with E-state index >= 15 is 0 Å². The van der Waals surface area contributed by atoms with Gasteiger partial charge in [0, 0.05) is 53.4 Å². The average molecular weight is 504 g/mol. The van der Waals surface area contributed by atoms with E-state index in [0.717, 1.165) is 31.9 Å². The number of rotatable bonds is 11. The van der Waals surface area contributed by atoms with Gasteiger partial charge >= 0.3 is 0 Å². The molecular weight excluding hydrogens is 471 g/mol. The maximum Gasteiger partial charge on any atom is 0.222 e. The van der Waals surface area contributed by atoms with E-state index in [-0.39, 0.29) is 29.9 Å². The Hall–Kier alpha value is -1.39. The first kappa shape index (κ1) is 24.6. The van der Waals surface area contributed by atoms with Crippen LogP contribution in [-0.4, -0.2) is 63.8 Å². The van der Waals surface area contributed by atoms with E-state index < -0.39 is 0 Å². The summed E-state index contributed by atoms with van der Waals surface area (Å²) in [7, 11) is 3.43. The summed E-state index contributed by atoms with van der Waals surface area (Å²) in [5.41, 5.74) is 2.35. The van der Waals surface area contributed by atoms with Crippen molar-refractivity contribution in [3.63, 3.8) is 0 Å². The Labute approximate surface area is 185 Å². The number of methoxy groups -OCH3 is 1. The van der Waals surface area contributed by atoms with Gasteiger partial charge in [-0.15, -0.1) is 24.0 Å². The second-order valence-electron chi connectivity index (χ2n) is 6.55. The number of guanidine groups is 1. The first-order valence-corrected chi connectivity index (χ1v) is 9.59. The van der Waals surface area contributed by atoms with Gasteiger partial charge in [-0.2, -0.15) is 0 Å². The van der Waals surface area contributed by atoms with Crippen molar-refractivity contribution in [3.8, 4) is 0 Å². The van der Waals surface area contributed by atoms with Crippen LogP contribution in [-0.2, 0) is 27.4 Å². The molecule has 0 aromatic heterocycles. The highest BCUT2D eigenvalue weighted by atomic mass is 127. The summed E-state index contributed by atoms with van der Waals surface area (Å²) in [6.45, 7) is 5.05. The molecule has 0 saturated carbocycles. The van der Waals surface area contributed by atoms with E-state index in [1.807, 2.05) is 4.90 Å². The van der Waals surface area contributed by atoms with Crippen LogP contribution in [0, 0.1) is 0 Å². The Morgan fingerprint density at radius 1 is 1.14 bits per heavy atom. The van der Waals surface area contributed by atoms with Crippen LogP contribution in [0.15, 0.2) is 29.3 Å². The van der Waals surface area contributed by atoms with E-state index in [2.05, 4.69) is 39.9 Å². The molecule has 0 atom stereocenters. The molecule has 1 heterocycles. The van der Waals surface area contributed by atoms with Gasteiger partial charge < -0.3 is 25.0 Å². The molecule has 0 spiro atoms. The molecular formula is C20H33IN4O3. The van der Waals surface area contributed by atoms with Gasteiger partial charge in [0.25, 0.3) is 0 Å². The molecule has 1 aromatic carbocycles. The zero-order valence-corrected chi connectivity index (χ0v) is 19.2. The van der Waals surface area contributed by atoms with E-state index in [4.69, 9.17) is 9.47 Å². The number of hydrogen-bond donors (Lipinski definition) is 2. The summed E-state index contributed by atoms with van der Waals surface area (Å²) >= 11 is 0. The van der Waals surface area contributed by atoms with Crippen molar-refractivity contribution < 1.29 is 14.3 Å². The zero-order chi connectivity index (χ0) is 19.3. The molecule has 1 aromatic rings. The normalized spacial score (nSPS) is 14.1. The SMILES string of the molecule is CN=C(NCCCOCCOC)NCc1ccc(CN2CCCC2=O)cc1.I. The van der Waals surface area contributed by atoms with Crippen LogP contribution in [0.3, 0.4) is 0 Å². The quantitative estimate of drug-likeness (QED) is 0.209. The Balaban J connectivity index is 0.00000392. The lowest BCUT2D eigenvalue weighted by Gasteiger charge is -2.16. The van der Waals surface area contributed by atoms with Crippen LogP contribution in [0.1, 0.15) is 30.4 Å². The summed E-state index contributed by atoms with van der Waals surface area (Å²) in [6.07, 6.45) is 2.58. The van der Waals surface area contributed by atoms with Gasteiger partial charge in [0.15, 0.2) is 5.96 Å². The van der Waals surface area contributed by atoms with Crippen LogP contribution < -0.4 is 10.6 Å². The predicted molar refractivity (Wildman–Crippen MR) is 122 cm³/mol. The van der Waals surface area contributed by atoms with Crippen molar-refractivity contribution in [1.29, 1.82) is 0 Å². The van der Waals surface area contributed by atoms with Gasteiger partial charge in [0.05, 0.1) is 13.2 Å². The Bertz CT molecular complexity index is 596. The number of hydrogen-bond acceptors (Lipinski definition) is 4. The zero-order valence-electron chi connectivity index (χ0n) is 16.9. The van der Waals surface area contributed by atoms with Crippen LogP contribution >= 0.6 is 24.0 Å². The first-order valence-electron chi connectivity index (χ1n) is 9.59. The highest BCUT2D eigenvalue weighted by molar-refractivity contribution is 14.0. The van der Waals surface area contributed by atoms with Crippen molar-refractivity contribution in [3.05, 3.63) is 35.4 Å². The second kappa shape index (κ2) is 14.6. The number of aliphatic imine (C=N–C) groups is 1. The van der Waals surface area contributed by atoms with Crippen LogP contribution in [0.25, 0.3) is 0 Å². The van der Waals surface area contributed by atoms with Gasteiger partial charge in [-0.05, 0) is 24.0 Å². The van der Waals surface area contributed by atoms with Gasteiger partial charge in [-0.25, -0.2) is 0 Å². The second-order valence-corrected chi connectivity index (χ2v) is 6.55. The minimum Gasteiger partial charge on any atom is -0.382 e. The third kappa shape index (κ3) is 9.20. The number of nitrogens with zero attached hydrogens (tertiary/aromatic N) is 2. The molecule has 28 heavy (non-hydrogen) atoms. The molecule has 1 aliphatic heterocycles. The molecule has 7 nitrogen and oxygen atoms in total. The molecule has 1 saturated heterocycles. The smallest absolute Gasteiger partial charge is 0.222 e. The number of ether oxygens (including phenoxy) is 2. The lowest BCUT2D eigenvalue weighted by Crippen LogP contribution is -2.37. The number of benzene rings is 1. The highest BCUT2D eigenvalue weighted by Gasteiger charge is 2.19. The van der Waals surface area contributed by atoms with E-state index in [1.165, 1.54) is 11.1 Å². The summed E-state index contributed by atoms with van der Waals surface area (Å²) < 4.78 is 10.4. The predicted octanol–water partition coefficient (Wildman–Crippen LogP) is 2.15. The van der Waals surface area contributed by atoms with Crippen molar-refractivity contribution in [2.75, 3.05) is 47.1 Å². The minimum absolute atomic E-state index is 0. The fraction of sp³-hybridized carbons (Fsp3) is 0.600. The molecule has 1 amide bonds. The van der Waals surface area contributed by atoms with E-state index in [0.29, 0.717) is 39.3 Å². The number of carbonyl (C=O) groups excluding carboxylic acids is 1. The van der Waals surface area contributed by atoms with E-state index in [1.54, 1.807) is 14.2 Å². The van der Waals surface area contributed by atoms with Crippen molar-refractivity contribution in [2.24, 2.45) is 4.99 Å². The van der Waals surface area contributed by atoms with Crippen molar-refractivity contribution in [2.45, 2.75) is 32.4 Å². The molecule has 2 N–H and O–H groups in total. The third-order valence-corrected chi connectivity index (χ3v) is 4.44. The van der Waals surface area contributed by atoms with Crippen LogP contribution in [0.5, 0.6) is 0 Å². The lowest BCUT2D eigenvalue weighted by molar-refractivity contribution is -0.128. The molecule has 158 valence electrons. The number of carbonyl (C=O) groups is 1. The molecule has 0 unspecified atom stereocenters. The maximum absolute atomic E-state index is 11.7. The molecule has 2 rings (SSSR count). The molecule has 8 heteroatoms. The van der Waals surface area contributed by atoms with Gasteiger partial charge in [0.2, 0.25) is 5.91 Å². The Morgan fingerprint density at radius 2 is 1.89 bits per heavy atom. The average Bonchev–Trinajstić information content (AvgIpc) is 3.09. The number of amides is 1. The standard InChI is InChI=1S/C20H32N4O3.HI/c1-21-20(22-10-4-12-27-14-13-26-2)23-15-17-6-8-18(9-7-17)16-24-11-3-5-19(24)25;/h6-9H,3-5,10-16H2,1-2H3,(H2,21,22,23);1H. The van der Waals surface area contributed by atoms with Crippen LogP contribution in [0.4, 0.5) is 0 Å². The van der Waals surface area contributed by atoms with Gasteiger partial charge in [-0.1, -0.05) is 24.3 Å². The first-order chi connectivity index (χ1) is 13.2. The summed E-state index contributed by atoms with van der Waals surface area (Å²) in [4.78, 5) is 17.9. The fourth-order valence-corrected chi connectivity index (χ4v) is 2.89. The fourth-order valence-electron chi connectivity index (χ4n) is 2.89. The third-order valence-electron chi connectivity index (χ3n) is 4.44. The summed E-state index contributed by atoms with van der Waals surface area (Å²) in [5.74, 6) is 1.04. The molecule has 0 bridgehead atoms. The minimum atomic E-state index is 0. The van der Waals surface area contributed by atoms with Crippen molar-refractivity contribution >= 4 is 35.8 Å². The van der Waals surface area contributed by atoms with Crippen LogP contribution in [0.2, 0.25) is 0 Å². The Kier molecular flexibility index (Phi) is 12.8. The molecule has 0 aliphatic carbocycles. The molecule has 1 fully saturated rings. The topological polar surface area (TPSA) is 75.2 Å². The highest BCUT2D eigenvalue weighted by Crippen LogP contribution is 2.14. The number of halogens is 1.